The summed E-state index contributed by atoms with van der Waals surface area (Å²) >= 11 is 1.44. The van der Waals surface area contributed by atoms with Gasteiger partial charge in [-0.1, -0.05) is 11.8 Å². The number of carboxylic acid groups (broad SMARTS) is 1. The molecule has 1 aromatic heterocycles. The smallest absolute Gasteiger partial charge is 0.342 e. The third-order valence-corrected chi connectivity index (χ3v) is 5.66. The highest BCUT2D eigenvalue weighted by Gasteiger charge is 2.32. The number of carbonyl (C=O) groups is 1. The third-order valence-electron chi connectivity index (χ3n) is 4.49. The molecule has 1 fully saturated rings. The van der Waals surface area contributed by atoms with E-state index >= 15 is 0 Å². The molecule has 0 spiro atoms. The molecule has 23 heavy (non-hydrogen) atoms. The quantitative estimate of drug-likeness (QED) is 0.873. The van der Waals surface area contributed by atoms with Crippen LogP contribution in [0.3, 0.4) is 0 Å². The fourth-order valence-electron chi connectivity index (χ4n) is 3.32. The number of pyridine rings is 1. The molecule has 1 aromatic carbocycles. The molecular formula is C16H17N3O3S. The predicted octanol–water partition coefficient (Wildman–Crippen LogP) is 1.73. The Labute approximate surface area is 137 Å². The number of piperazine rings is 1. The van der Waals surface area contributed by atoms with Crippen molar-refractivity contribution < 1.29 is 9.90 Å². The number of thioether (sulfide) groups is 1. The molecule has 2 aliphatic rings. The summed E-state index contributed by atoms with van der Waals surface area (Å²) in [5.74, 6) is -1.15. The van der Waals surface area contributed by atoms with E-state index < -0.39 is 5.97 Å². The number of carboxylic acids is 1. The van der Waals surface area contributed by atoms with E-state index in [0.29, 0.717) is 10.4 Å². The van der Waals surface area contributed by atoms with Crippen molar-refractivity contribution in [3.8, 4) is 0 Å². The second-order valence-electron chi connectivity index (χ2n) is 5.84. The first-order chi connectivity index (χ1) is 11.1. The molecule has 4 rings (SSSR count). The Bertz CT molecular complexity index is 871. The molecule has 7 heteroatoms. The average Bonchev–Trinajstić information content (AvgIpc) is 2.54. The van der Waals surface area contributed by atoms with Crippen LogP contribution in [0.15, 0.2) is 28.0 Å². The minimum absolute atomic E-state index is 0.101. The molecule has 2 aliphatic heterocycles. The van der Waals surface area contributed by atoms with Gasteiger partial charge in [-0.15, -0.1) is 0 Å². The SMILES string of the molecule is CC1Sc2c(C(=O)O)c(=O)c3ccc(N4CCNCC4)cc3n21. The van der Waals surface area contributed by atoms with Crippen LogP contribution in [-0.4, -0.2) is 41.8 Å². The Morgan fingerprint density at radius 3 is 2.74 bits per heavy atom. The van der Waals surface area contributed by atoms with Gasteiger partial charge in [-0.2, -0.15) is 0 Å². The standard InChI is InChI=1S/C16H17N3O3S/c1-9-19-12-8-10(18-6-4-17-5-7-18)2-3-11(12)14(20)13(16(21)22)15(19)23-9/h2-3,8-9,17H,4-7H2,1H3,(H,21,22). The van der Waals surface area contributed by atoms with Gasteiger partial charge in [0.25, 0.3) is 0 Å². The number of benzene rings is 1. The maximum atomic E-state index is 12.5. The van der Waals surface area contributed by atoms with E-state index in [2.05, 4.69) is 10.2 Å². The first kappa shape index (κ1) is 14.6. The molecule has 1 unspecified atom stereocenters. The zero-order valence-corrected chi connectivity index (χ0v) is 13.5. The highest BCUT2D eigenvalue weighted by atomic mass is 32.2. The highest BCUT2D eigenvalue weighted by Crippen LogP contribution is 2.46. The van der Waals surface area contributed by atoms with Crippen LogP contribution in [0.1, 0.15) is 22.7 Å². The Morgan fingerprint density at radius 1 is 1.35 bits per heavy atom. The molecule has 2 aromatic rings. The summed E-state index contributed by atoms with van der Waals surface area (Å²) < 4.78 is 1.97. The van der Waals surface area contributed by atoms with Gasteiger partial charge in [0.15, 0.2) is 0 Å². The van der Waals surface area contributed by atoms with Crippen molar-refractivity contribution in [3.05, 3.63) is 34.0 Å². The number of hydrogen-bond acceptors (Lipinski definition) is 5. The van der Waals surface area contributed by atoms with Gasteiger partial charge in [-0.25, -0.2) is 4.79 Å². The molecule has 0 aliphatic carbocycles. The van der Waals surface area contributed by atoms with Crippen LogP contribution in [0, 0.1) is 0 Å². The first-order valence-corrected chi connectivity index (χ1v) is 8.54. The fraction of sp³-hybridized carbons (Fsp3) is 0.375. The maximum absolute atomic E-state index is 12.5. The van der Waals surface area contributed by atoms with Crippen LogP contribution in [0.4, 0.5) is 5.69 Å². The average molecular weight is 331 g/mol. The summed E-state index contributed by atoms with van der Waals surface area (Å²) in [4.78, 5) is 26.3. The summed E-state index contributed by atoms with van der Waals surface area (Å²) in [5, 5.41) is 13.9. The number of anilines is 1. The predicted molar refractivity (Wildman–Crippen MR) is 90.8 cm³/mol. The topological polar surface area (TPSA) is 74.6 Å². The lowest BCUT2D eigenvalue weighted by Crippen LogP contribution is -2.43. The van der Waals surface area contributed by atoms with Crippen molar-refractivity contribution in [1.29, 1.82) is 0 Å². The van der Waals surface area contributed by atoms with Crippen molar-refractivity contribution in [1.82, 2.24) is 9.88 Å². The Balaban J connectivity index is 1.94. The second-order valence-corrected chi connectivity index (χ2v) is 7.14. The van der Waals surface area contributed by atoms with E-state index in [1.54, 1.807) is 6.07 Å². The van der Waals surface area contributed by atoms with Gasteiger partial charge in [0, 0.05) is 37.3 Å². The van der Waals surface area contributed by atoms with Gasteiger partial charge >= 0.3 is 5.97 Å². The molecule has 1 saturated heterocycles. The number of rotatable bonds is 2. The second kappa shape index (κ2) is 5.28. The molecule has 0 bridgehead atoms. The summed E-state index contributed by atoms with van der Waals surface area (Å²) in [5.41, 5.74) is 1.43. The van der Waals surface area contributed by atoms with E-state index in [1.165, 1.54) is 11.8 Å². The Kier molecular flexibility index (Phi) is 3.35. The summed E-state index contributed by atoms with van der Waals surface area (Å²) in [7, 11) is 0. The fourth-order valence-corrected chi connectivity index (χ4v) is 4.48. The molecule has 0 amide bonds. The zero-order chi connectivity index (χ0) is 16.1. The van der Waals surface area contributed by atoms with Crippen LogP contribution in [-0.2, 0) is 0 Å². The lowest BCUT2D eigenvalue weighted by Gasteiger charge is -2.34. The minimum Gasteiger partial charge on any atom is -0.477 e. The molecule has 0 saturated carbocycles. The molecule has 3 heterocycles. The van der Waals surface area contributed by atoms with E-state index in [1.807, 2.05) is 23.6 Å². The largest absolute Gasteiger partial charge is 0.477 e. The van der Waals surface area contributed by atoms with Crippen molar-refractivity contribution >= 4 is 34.3 Å². The van der Waals surface area contributed by atoms with Crippen molar-refractivity contribution in [2.45, 2.75) is 17.3 Å². The monoisotopic (exact) mass is 331 g/mol. The van der Waals surface area contributed by atoms with E-state index in [0.717, 1.165) is 37.4 Å². The molecule has 0 radical (unpaired) electrons. The van der Waals surface area contributed by atoms with Crippen molar-refractivity contribution in [3.63, 3.8) is 0 Å². The third kappa shape index (κ3) is 2.14. The van der Waals surface area contributed by atoms with Gasteiger partial charge < -0.3 is 19.9 Å². The van der Waals surface area contributed by atoms with Gasteiger partial charge in [-0.3, -0.25) is 4.79 Å². The number of nitrogens with zero attached hydrogens (tertiary/aromatic N) is 2. The molecule has 2 N–H and O–H groups in total. The van der Waals surface area contributed by atoms with Crippen molar-refractivity contribution in [2.75, 3.05) is 31.1 Å². The lowest BCUT2D eigenvalue weighted by atomic mass is 10.1. The number of hydrogen-bond donors (Lipinski definition) is 2. The number of aromatic nitrogens is 1. The maximum Gasteiger partial charge on any atom is 0.342 e. The van der Waals surface area contributed by atoms with Crippen LogP contribution >= 0.6 is 11.8 Å². The van der Waals surface area contributed by atoms with Gasteiger partial charge in [0.1, 0.15) is 5.56 Å². The number of aromatic carboxylic acids is 1. The van der Waals surface area contributed by atoms with E-state index in [-0.39, 0.29) is 16.4 Å². The van der Waals surface area contributed by atoms with Gasteiger partial charge in [0.2, 0.25) is 5.43 Å². The van der Waals surface area contributed by atoms with Gasteiger partial charge in [-0.05, 0) is 25.1 Å². The Morgan fingerprint density at radius 2 is 2.09 bits per heavy atom. The van der Waals surface area contributed by atoms with Gasteiger partial charge in [0.05, 0.1) is 15.9 Å². The zero-order valence-electron chi connectivity index (χ0n) is 12.7. The number of fused-ring (bicyclic) bond motifs is 3. The summed E-state index contributed by atoms with van der Waals surface area (Å²) in [6.45, 7) is 5.77. The number of nitrogens with one attached hydrogen (secondary N) is 1. The van der Waals surface area contributed by atoms with Crippen molar-refractivity contribution in [2.24, 2.45) is 0 Å². The molecule has 6 nitrogen and oxygen atoms in total. The summed E-state index contributed by atoms with van der Waals surface area (Å²) in [6.07, 6.45) is 0. The molecule has 1 atom stereocenters. The van der Waals surface area contributed by atoms with Crippen LogP contribution in [0.25, 0.3) is 10.9 Å². The van der Waals surface area contributed by atoms with E-state index in [9.17, 15) is 14.7 Å². The van der Waals surface area contributed by atoms with Crippen LogP contribution < -0.4 is 15.6 Å². The lowest BCUT2D eigenvalue weighted by molar-refractivity contribution is 0.0689. The molecule has 120 valence electrons. The van der Waals surface area contributed by atoms with Crippen LogP contribution in [0.5, 0.6) is 0 Å². The first-order valence-electron chi connectivity index (χ1n) is 7.66. The highest BCUT2D eigenvalue weighted by molar-refractivity contribution is 8.00. The van der Waals surface area contributed by atoms with E-state index in [4.69, 9.17) is 0 Å². The Hall–Kier alpha value is -1.99. The molecular weight excluding hydrogens is 314 g/mol. The summed E-state index contributed by atoms with van der Waals surface area (Å²) in [6, 6.07) is 5.71. The normalized spacial score (nSPS) is 20.2. The minimum atomic E-state index is -1.15. The van der Waals surface area contributed by atoms with Crippen LogP contribution in [0.2, 0.25) is 0 Å².